The van der Waals surface area contributed by atoms with Gasteiger partial charge in [0.2, 0.25) is 0 Å². The van der Waals surface area contributed by atoms with Gasteiger partial charge in [-0.25, -0.2) is 8.42 Å². The third-order valence-corrected chi connectivity index (χ3v) is 5.77. The molecule has 1 aliphatic heterocycles. The summed E-state index contributed by atoms with van der Waals surface area (Å²) in [6, 6.07) is 8.21. The topological polar surface area (TPSA) is 84.9 Å². The van der Waals surface area contributed by atoms with Crippen molar-refractivity contribution < 1.29 is 22.7 Å². The molecule has 7 nitrogen and oxygen atoms in total. The fourth-order valence-electron chi connectivity index (χ4n) is 2.72. The smallest absolute Gasteiger partial charge is 0.265 e. The van der Waals surface area contributed by atoms with Crippen LogP contribution in [-0.4, -0.2) is 35.1 Å². The molecule has 0 unspecified atom stereocenters. The van der Waals surface area contributed by atoms with Crippen molar-refractivity contribution >= 4 is 27.3 Å². The summed E-state index contributed by atoms with van der Waals surface area (Å²) < 4.78 is 39.2. The zero-order valence-corrected chi connectivity index (χ0v) is 15.8. The quantitative estimate of drug-likeness (QED) is 0.886. The number of sulfonamides is 1. The van der Waals surface area contributed by atoms with Gasteiger partial charge in [0, 0.05) is 7.05 Å². The van der Waals surface area contributed by atoms with Gasteiger partial charge in [0.05, 0.1) is 18.5 Å². The van der Waals surface area contributed by atoms with Gasteiger partial charge >= 0.3 is 0 Å². The second-order valence-corrected chi connectivity index (χ2v) is 7.74. The number of hydrogen-bond donors (Lipinski definition) is 1. The van der Waals surface area contributed by atoms with Crippen LogP contribution in [0.5, 0.6) is 11.5 Å². The van der Waals surface area contributed by atoms with Crippen molar-refractivity contribution in [3.8, 4) is 11.5 Å². The first-order valence-electron chi connectivity index (χ1n) is 7.95. The zero-order valence-electron chi connectivity index (χ0n) is 15.0. The normalized spacial score (nSPS) is 13.8. The van der Waals surface area contributed by atoms with E-state index in [2.05, 4.69) is 4.72 Å². The highest BCUT2D eigenvalue weighted by atomic mass is 32.2. The molecule has 1 N–H and O–H groups in total. The molecule has 0 saturated heterocycles. The maximum absolute atomic E-state index is 12.9. The molecular weight excluding hydrogens is 356 g/mol. The standard InChI is InChI=1S/C18H20N2O5S/c1-11-8-15(24-4)16(9-12(11)2)26(22,23)19-13-6-5-7-14-18(13)25-10-17(21)20(14)3/h5-9,19H,10H2,1-4H3. The van der Waals surface area contributed by atoms with Crippen molar-refractivity contribution in [2.75, 3.05) is 30.4 Å². The van der Waals surface area contributed by atoms with Crippen LogP contribution in [0.3, 0.4) is 0 Å². The van der Waals surface area contributed by atoms with Gasteiger partial charge in [0.25, 0.3) is 15.9 Å². The van der Waals surface area contributed by atoms with E-state index in [0.29, 0.717) is 11.4 Å². The number of amides is 1. The zero-order chi connectivity index (χ0) is 19.1. The van der Waals surface area contributed by atoms with Crippen molar-refractivity contribution in [3.05, 3.63) is 41.5 Å². The minimum Gasteiger partial charge on any atom is -0.495 e. The number of carbonyl (C=O) groups excluding carboxylic acids is 1. The lowest BCUT2D eigenvalue weighted by molar-refractivity contribution is -0.120. The third-order valence-electron chi connectivity index (χ3n) is 4.38. The van der Waals surface area contributed by atoms with E-state index in [9.17, 15) is 13.2 Å². The van der Waals surface area contributed by atoms with E-state index in [1.165, 1.54) is 12.0 Å². The summed E-state index contributed by atoms with van der Waals surface area (Å²) in [6.45, 7) is 3.58. The van der Waals surface area contributed by atoms with Crippen LogP contribution in [0.4, 0.5) is 11.4 Å². The summed E-state index contributed by atoms with van der Waals surface area (Å²) in [6.07, 6.45) is 0. The first-order chi connectivity index (χ1) is 12.2. The maximum Gasteiger partial charge on any atom is 0.265 e. The van der Waals surface area contributed by atoms with Crippen molar-refractivity contribution in [3.63, 3.8) is 0 Å². The number of nitrogens with one attached hydrogen (secondary N) is 1. The molecule has 1 heterocycles. The Morgan fingerprint density at radius 1 is 1.19 bits per heavy atom. The molecule has 2 aromatic rings. The fraction of sp³-hybridized carbons (Fsp3) is 0.278. The number of rotatable bonds is 4. The lowest BCUT2D eigenvalue weighted by Crippen LogP contribution is -2.35. The summed E-state index contributed by atoms with van der Waals surface area (Å²) in [5.74, 6) is 0.382. The predicted molar refractivity (Wildman–Crippen MR) is 98.6 cm³/mol. The first-order valence-corrected chi connectivity index (χ1v) is 9.43. The van der Waals surface area contributed by atoms with Crippen LogP contribution in [0, 0.1) is 13.8 Å². The molecule has 26 heavy (non-hydrogen) atoms. The Bertz CT molecular complexity index is 985. The number of fused-ring (bicyclic) bond motifs is 1. The molecule has 2 aromatic carbocycles. The van der Waals surface area contributed by atoms with Gasteiger partial charge < -0.3 is 14.4 Å². The van der Waals surface area contributed by atoms with Crippen LogP contribution in [0.25, 0.3) is 0 Å². The molecule has 1 aliphatic rings. The highest BCUT2D eigenvalue weighted by Gasteiger charge is 2.27. The number of anilines is 2. The molecular formula is C18H20N2O5S. The van der Waals surface area contributed by atoms with Crippen molar-refractivity contribution in [1.82, 2.24) is 0 Å². The summed E-state index contributed by atoms with van der Waals surface area (Å²) in [7, 11) is -0.871. The molecule has 138 valence electrons. The second-order valence-electron chi connectivity index (χ2n) is 6.09. The van der Waals surface area contributed by atoms with E-state index in [0.717, 1.165) is 11.1 Å². The first kappa shape index (κ1) is 18.1. The van der Waals surface area contributed by atoms with Crippen LogP contribution < -0.4 is 19.1 Å². The molecule has 8 heteroatoms. The van der Waals surface area contributed by atoms with Crippen LogP contribution in [0.15, 0.2) is 35.2 Å². The van der Waals surface area contributed by atoms with Gasteiger partial charge in [-0.3, -0.25) is 9.52 Å². The maximum atomic E-state index is 12.9. The minimum atomic E-state index is -3.92. The van der Waals surface area contributed by atoms with Gasteiger partial charge in [-0.2, -0.15) is 0 Å². The lowest BCUT2D eigenvalue weighted by Gasteiger charge is -2.27. The molecule has 0 aliphatic carbocycles. The molecule has 3 rings (SSSR count). The average molecular weight is 376 g/mol. The minimum absolute atomic E-state index is 0.0425. The van der Waals surface area contributed by atoms with Crippen LogP contribution in [0.1, 0.15) is 11.1 Å². The number of ether oxygens (including phenoxy) is 2. The SMILES string of the molecule is COc1cc(C)c(C)cc1S(=O)(=O)Nc1cccc2c1OCC(=O)N2C. The van der Waals surface area contributed by atoms with E-state index >= 15 is 0 Å². The number of benzene rings is 2. The summed E-state index contributed by atoms with van der Waals surface area (Å²) in [5.41, 5.74) is 2.54. The lowest BCUT2D eigenvalue weighted by atomic mass is 10.1. The molecule has 1 amide bonds. The highest BCUT2D eigenvalue weighted by Crippen LogP contribution is 2.39. The molecule has 0 fully saturated rings. The van der Waals surface area contributed by atoms with Crippen LogP contribution >= 0.6 is 0 Å². The van der Waals surface area contributed by atoms with E-state index in [1.54, 1.807) is 37.4 Å². The van der Waals surface area contributed by atoms with Gasteiger partial charge in [-0.1, -0.05) is 6.07 Å². The number of carbonyl (C=O) groups is 1. The van der Waals surface area contributed by atoms with Crippen LogP contribution in [0.2, 0.25) is 0 Å². The number of hydrogen-bond acceptors (Lipinski definition) is 5. The third kappa shape index (κ3) is 3.08. The fourth-order valence-corrected chi connectivity index (χ4v) is 4.02. The summed E-state index contributed by atoms with van der Waals surface area (Å²) in [5, 5.41) is 0. The van der Waals surface area contributed by atoms with Gasteiger partial charge in [0.1, 0.15) is 10.6 Å². The Morgan fingerprint density at radius 2 is 1.88 bits per heavy atom. The molecule has 0 atom stereocenters. The van der Waals surface area contributed by atoms with Crippen molar-refractivity contribution in [1.29, 1.82) is 0 Å². The van der Waals surface area contributed by atoms with E-state index in [1.807, 2.05) is 13.8 Å². The van der Waals surface area contributed by atoms with Crippen molar-refractivity contribution in [2.24, 2.45) is 0 Å². The number of likely N-dealkylation sites (N-methyl/N-ethyl adjacent to an activating group) is 1. The monoisotopic (exact) mass is 376 g/mol. The van der Waals surface area contributed by atoms with E-state index < -0.39 is 10.0 Å². The summed E-state index contributed by atoms with van der Waals surface area (Å²) in [4.78, 5) is 13.3. The Kier molecular flexibility index (Phi) is 4.53. The number of nitrogens with zero attached hydrogens (tertiary/aromatic N) is 1. The Balaban J connectivity index is 2.05. The van der Waals surface area contributed by atoms with Crippen molar-refractivity contribution in [2.45, 2.75) is 18.7 Å². The van der Waals surface area contributed by atoms with Gasteiger partial charge in [-0.15, -0.1) is 0 Å². The molecule has 0 spiro atoms. The van der Waals surface area contributed by atoms with Crippen LogP contribution in [-0.2, 0) is 14.8 Å². The number of methoxy groups -OCH3 is 1. The summed E-state index contributed by atoms with van der Waals surface area (Å²) >= 11 is 0. The van der Waals surface area contributed by atoms with E-state index in [4.69, 9.17) is 9.47 Å². The largest absolute Gasteiger partial charge is 0.495 e. The highest BCUT2D eigenvalue weighted by molar-refractivity contribution is 7.92. The molecule has 0 aromatic heterocycles. The Hall–Kier alpha value is -2.74. The van der Waals surface area contributed by atoms with Gasteiger partial charge in [-0.05, 0) is 49.2 Å². The van der Waals surface area contributed by atoms with Gasteiger partial charge in [0.15, 0.2) is 12.4 Å². The average Bonchev–Trinajstić information content (AvgIpc) is 2.60. The molecule has 0 radical (unpaired) electrons. The van der Waals surface area contributed by atoms with E-state index in [-0.39, 0.29) is 28.8 Å². The molecule has 0 saturated carbocycles. The Morgan fingerprint density at radius 3 is 2.58 bits per heavy atom. The molecule has 0 bridgehead atoms. The predicted octanol–water partition coefficient (Wildman–Crippen LogP) is 2.47. The second kappa shape index (κ2) is 6.53. The number of aryl methyl sites for hydroxylation is 2. The Labute approximate surface area is 152 Å². The number of para-hydroxylation sites is 1.